The number of rotatable bonds is 4. The molecule has 7 heteroatoms. The minimum absolute atomic E-state index is 0.0853. The third kappa shape index (κ3) is 3.57. The number of nitrogens with one attached hydrogen (secondary N) is 1. The molecule has 0 bridgehead atoms. The third-order valence-corrected chi connectivity index (χ3v) is 6.46. The lowest BCUT2D eigenvalue weighted by Gasteiger charge is -2.13. The Kier molecular flexibility index (Phi) is 4.44. The normalized spacial score (nSPS) is 19.3. The fourth-order valence-electron chi connectivity index (χ4n) is 2.91. The largest absolute Gasteiger partial charge is 0.352 e. The average molecular weight is 352 g/mol. The van der Waals surface area contributed by atoms with Crippen LogP contribution < -0.4 is 5.32 Å². The highest BCUT2D eigenvalue weighted by molar-refractivity contribution is 7.88. The van der Waals surface area contributed by atoms with Crippen molar-refractivity contribution in [1.29, 1.82) is 0 Å². The molecule has 1 aromatic heterocycles. The molecule has 0 aliphatic carbocycles. The molecule has 23 heavy (non-hydrogen) atoms. The summed E-state index contributed by atoms with van der Waals surface area (Å²) in [5, 5.41) is 5.81. The van der Waals surface area contributed by atoms with Crippen LogP contribution in [0.1, 0.15) is 22.3 Å². The number of sulfonamides is 1. The predicted molar refractivity (Wildman–Crippen MR) is 93.4 cm³/mol. The molecule has 1 aromatic carbocycles. The van der Waals surface area contributed by atoms with Gasteiger partial charge in [0.2, 0.25) is 10.0 Å². The van der Waals surface area contributed by atoms with Gasteiger partial charge in [0.15, 0.2) is 0 Å². The van der Waals surface area contributed by atoms with E-state index in [-0.39, 0.29) is 11.8 Å². The smallest absolute Gasteiger partial charge is 0.252 e. The molecule has 2 heterocycles. The quantitative estimate of drug-likeness (QED) is 0.917. The Labute approximate surface area is 140 Å². The second-order valence-electron chi connectivity index (χ2n) is 6.13. The molecule has 1 atom stereocenters. The standard InChI is InChI=1S/C16H20N2O3S2/c1-11-3-4-13-14(10-22-15(13)7-11)16(19)17-8-12-5-6-18(9-12)23(2,20)21/h3-4,7,10,12H,5-6,8-9H2,1-2H3,(H,17,19). The molecule has 5 nitrogen and oxygen atoms in total. The summed E-state index contributed by atoms with van der Waals surface area (Å²) in [6.45, 7) is 3.57. The molecule has 1 fully saturated rings. The Bertz CT molecular complexity index is 842. The third-order valence-electron chi connectivity index (χ3n) is 4.24. The summed E-state index contributed by atoms with van der Waals surface area (Å²) in [6, 6.07) is 6.07. The van der Waals surface area contributed by atoms with Crippen molar-refractivity contribution in [2.75, 3.05) is 25.9 Å². The van der Waals surface area contributed by atoms with E-state index in [1.807, 2.05) is 24.4 Å². The second kappa shape index (κ2) is 6.22. The van der Waals surface area contributed by atoms with E-state index in [0.717, 1.165) is 16.5 Å². The number of thiophene rings is 1. The first-order chi connectivity index (χ1) is 10.8. The molecular formula is C16H20N2O3S2. The van der Waals surface area contributed by atoms with E-state index < -0.39 is 10.0 Å². The van der Waals surface area contributed by atoms with Gasteiger partial charge in [0, 0.05) is 35.1 Å². The van der Waals surface area contributed by atoms with Crippen LogP contribution in [0.3, 0.4) is 0 Å². The van der Waals surface area contributed by atoms with Gasteiger partial charge in [-0.1, -0.05) is 12.1 Å². The van der Waals surface area contributed by atoms with E-state index in [2.05, 4.69) is 11.4 Å². The van der Waals surface area contributed by atoms with E-state index in [1.54, 1.807) is 11.3 Å². The van der Waals surface area contributed by atoms with Crippen LogP contribution in [-0.4, -0.2) is 44.5 Å². The number of carbonyl (C=O) groups is 1. The summed E-state index contributed by atoms with van der Waals surface area (Å²) in [4.78, 5) is 12.4. The average Bonchev–Trinajstić information content (AvgIpc) is 3.10. The Balaban J connectivity index is 1.64. The van der Waals surface area contributed by atoms with Crippen LogP contribution in [0.5, 0.6) is 0 Å². The monoisotopic (exact) mass is 352 g/mol. The number of nitrogens with zero attached hydrogens (tertiary/aromatic N) is 1. The zero-order valence-electron chi connectivity index (χ0n) is 13.2. The van der Waals surface area contributed by atoms with Gasteiger partial charge in [-0.3, -0.25) is 4.79 Å². The fourth-order valence-corrected chi connectivity index (χ4v) is 4.86. The molecule has 1 aliphatic rings. The van der Waals surface area contributed by atoms with Crippen LogP contribution in [0, 0.1) is 12.8 Å². The van der Waals surface area contributed by atoms with Gasteiger partial charge in [0.1, 0.15) is 0 Å². The summed E-state index contributed by atoms with van der Waals surface area (Å²) < 4.78 is 25.6. The molecule has 1 N–H and O–H groups in total. The van der Waals surface area contributed by atoms with Crippen molar-refractivity contribution in [3.8, 4) is 0 Å². The number of carbonyl (C=O) groups excluding carboxylic acids is 1. The van der Waals surface area contributed by atoms with E-state index in [4.69, 9.17) is 0 Å². The molecular weight excluding hydrogens is 332 g/mol. The van der Waals surface area contributed by atoms with Gasteiger partial charge in [-0.15, -0.1) is 11.3 Å². The number of amides is 1. The molecule has 1 unspecified atom stereocenters. The molecule has 0 spiro atoms. The van der Waals surface area contributed by atoms with Crippen LogP contribution >= 0.6 is 11.3 Å². The molecule has 0 saturated carbocycles. The summed E-state index contributed by atoms with van der Waals surface area (Å²) in [7, 11) is -3.13. The lowest BCUT2D eigenvalue weighted by atomic mass is 10.1. The van der Waals surface area contributed by atoms with E-state index in [9.17, 15) is 13.2 Å². The topological polar surface area (TPSA) is 66.5 Å². The van der Waals surface area contributed by atoms with Crippen LogP contribution in [0.4, 0.5) is 0 Å². The first-order valence-corrected chi connectivity index (χ1v) is 10.3. The van der Waals surface area contributed by atoms with Crippen LogP contribution in [0.25, 0.3) is 10.1 Å². The van der Waals surface area contributed by atoms with E-state index >= 15 is 0 Å². The minimum Gasteiger partial charge on any atom is -0.352 e. The molecule has 0 radical (unpaired) electrons. The molecule has 124 valence electrons. The number of aryl methyl sites for hydroxylation is 1. The van der Waals surface area contributed by atoms with Crippen molar-refractivity contribution in [2.45, 2.75) is 13.3 Å². The SMILES string of the molecule is Cc1ccc2c(C(=O)NCC3CCN(S(C)(=O)=O)C3)csc2c1. The summed E-state index contributed by atoms with van der Waals surface area (Å²) in [5.74, 6) is 0.0960. The second-order valence-corrected chi connectivity index (χ2v) is 9.03. The maximum Gasteiger partial charge on any atom is 0.252 e. The van der Waals surface area contributed by atoms with Crippen molar-refractivity contribution < 1.29 is 13.2 Å². The molecule has 2 aromatic rings. The van der Waals surface area contributed by atoms with Gasteiger partial charge < -0.3 is 5.32 Å². The molecule has 1 amide bonds. The lowest BCUT2D eigenvalue weighted by Crippen LogP contribution is -2.32. The van der Waals surface area contributed by atoms with E-state index in [1.165, 1.54) is 16.1 Å². The first kappa shape index (κ1) is 16.4. The summed E-state index contributed by atoms with van der Waals surface area (Å²) in [6.07, 6.45) is 2.02. The molecule has 1 saturated heterocycles. The highest BCUT2D eigenvalue weighted by Gasteiger charge is 2.28. The Hall–Kier alpha value is -1.44. The summed E-state index contributed by atoms with van der Waals surface area (Å²) >= 11 is 1.57. The van der Waals surface area contributed by atoms with Gasteiger partial charge in [-0.2, -0.15) is 0 Å². The molecule has 1 aliphatic heterocycles. The first-order valence-electron chi connectivity index (χ1n) is 7.56. The number of fused-ring (bicyclic) bond motifs is 1. The fraction of sp³-hybridized carbons (Fsp3) is 0.438. The van der Waals surface area contributed by atoms with Crippen LogP contribution in [0.15, 0.2) is 23.6 Å². The van der Waals surface area contributed by atoms with Crippen molar-refractivity contribution in [3.63, 3.8) is 0 Å². The van der Waals surface area contributed by atoms with Crippen LogP contribution in [-0.2, 0) is 10.0 Å². The zero-order valence-corrected chi connectivity index (χ0v) is 14.8. The highest BCUT2D eigenvalue weighted by atomic mass is 32.2. The Morgan fingerprint density at radius 3 is 2.91 bits per heavy atom. The summed E-state index contributed by atoms with van der Waals surface area (Å²) in [5.41, 5.74) is 1.88. The van der Waals surface area contributed by atoms with Crippen molar-refractivity contribution in [2.24, 2.45) is 5.92 Å². The number of hydrogen-bond donors (Lipinski definition) is 1. The number of benzene rings is 1. The minimum atomic E-state index is -3.13. The molecule has 3 rings (SSSR count). The van der Waals surface area contributed by atoms with Gasteiger partial charge in [0.25, 0.3) is 5.91 Å². The lowest BCUT2D eigenvalue weighted by molar-refractivity contribution is 0.0950. The Morgan fingerprint density at radius 1 is 1.43 bits per heavy atom. The van der Waals surface area contributed by atoms with Crippen molar-refractivity contribution >= 4 is 37.4 Å². The van der Waals surface area contributed by atoms with Gasteiger partial charge in [0.05, 0.1) is 11.8 Å². The van der Waals surface area contributed by atoms with Gasteiger partial charge in [-0.05, 0) is 30.9 Å². The van der Waals surface area contributed by atoms with Gasteiger partial charge >= 0.3 is 0 Å². The van der Waals surface area contributed by atoms with Gasteiger partial charge in [-0.25, -0.2) is 12.7 Å². The number of hydrogen-bond acceptors (Lipinski definition) is 4. The highest BCUT2D eigenvalue weighted by Crippen LogP contribution is 2.27. The van der Waals surface area contributed by atoms with Crippen LogP contribution in [0.2, 0.25) is 0 Å². The maximum absolute atomic E-state index is 12.4. The van der Waals surface area contributed by atoms with Crippen molar-refractivity contribution in [3.05, 3.63) is 34.7 Å². The Morgan fingerprint density at radius 2 is 2.22 bits per heavy atom. The predicted octanol–water partition coefficient (Wildman–Crippen LogP) is 2.22. The van der Waals surface area contributed by atoms with E-state index in [0.29, 0.717) is 25.2 Å². The zero-order chi connectivity index (χ0) is 16.6. The van der Waals surface area contributed by atoms with Crippen molar-refractivity contribution in [1.82, 2.24) is 9.62 Å². The maximum atomic E-state index is 12.4.